The number of hydrogen-bond donors (Lipinski definition) is 0. The Bertz CT molecular complexity index is 506. The second-order valence-electron chi connectivity index (χ2n) is 5.22. The van der Waals surface area contributed by atoms with Crippen LogP contribution >= 0.6 is 0 Å². The summed E-state index contributed by atoms with van der Waals surface area (Å²) in [6.45, 7) is 4.39. The van der Waals surface area contributed by atoms with Crippen LogP contribution in [0.1, 0.15) is 21.0 Å². The summed E-state index contributed by atoms with van der Waals surface area (Å²) in [6, 6.07) is 5.00. The SMILES string of the molecule is O=C(c1cccc(C(=O)N2CCOCC2)n1)N1CCOCC1. The van der Waals surface area contributed by atoms with Crippen molar-refractivity contribution in [3.05, 3.63) is 29.6 Å². The highest BCUT2D eigenvalue weighted by molar-refractivity contribution is 5.96. The fraction of sp³-hybridized carbons (Fsp3) is 0.533. The van der Waals surface area contributed by atoms with E-state index in [0.717, 1.165) is 0 Å². The summed E-state index contributed by atoms with van der Waals surface area (Å²) in [5, 5.41) is 0. The number of amides is 2. The van der Waals surface area contributed by atoms with Gasteiger partial charge in [-0.2, -0.15) is 0 Å². The van der Waals surface area contributed by atoms with E-state index in [0.29, 0.717) is 64.0 Å². The first-order valence-corrected chi connectivity index (χ1v) is 7.47. The highest BCUT2D eigenvalue weighted by Crippen LogP contribution is 2.09. The van der Waals surface area contributed by atoms with E-state index in [1.165, 1.54) is 0 Å². The zero-order valence-electron chi connectivity index (χ0n) is 12.4. The normalized spacial score (nSPS) is 19.1. The molecular weight excluding hydrogens is 286 g/mol. The molecule has 0 bridgehead atoms. The van der Waals surface area contributed by atoms with Crippen molar-refractivity contribution in [3.8, 4) is 0 Å². The fourth-order valence-electron chi connectivity index (χ4n) is 2.53. The molecule has 3 heterocycles. The van der Waals surface area contributed by atoms with E-state index in [-0.39, 0.29) is 11.8 Å². The number of morpholine rings is 2. The Morgan fingerprint density at radius 1 is 0.818 bits per heavy atom. The van der Waals surface area contributed by atoms with Crippen LogP contribution in [0, 0.1) is 0 Å². The molecular formula is C15H19N3O4. The van der Waals surface area contributed by atoms with Crippen LogP contribution in [-0.4, -0.2) is 79.2 Å². The lowest BCUT2D eigenvalue weighted by Crippen LogP contribution is -2.42. The van der Waals surface area contributed by atoms with Crippen LogP contribution in [0.5, 0.6) is 0 Å². The van der Waals surface area contributed by atoms with Crippen LogP contribution in [0.15, 0.2) is 18.2 Å². The molecule has 0 radical (unpaired) electrons. The predicted molar refractivity (Wildman–Crippen MR) is 77.7 cm³/mol. The third kappa shape index (κ3) is 3.26. The van der Waals surface area contributed by atoms with Crippen molar-refractivity contribution >= 4 is 11.8 Å². The van der Waals surface area contributed by atoms with Crippen molar-refractivity contribution in [2.45, 2.75) is 0 Å². The summed E-state index contributed by atoms with van der Waals surface area (Å²) in [5.74, 6) is -0.306. The summed E-state index contributed by atoms with van der Waals surface area (Å²) in [4.78, 5) is 32.5. The Kier molecular flexibility index (Phi) is 4.65. The van der Waals surface area contributed by atoms with Crippen LogP contribution in [0.25, 0.3) is 0 Å². The van der Waals surface area contributed by atoms with Crippen LogP contribution < -0.4 is 0 Å². The van der Waals surface area contributed by atoms with Gasteiger partial charge in [0.1, 0.15) is 11.4 Å². The number of carbonyl (C=O) groups excluding carboxylic acids is 2. The molecule has 2 saturated heterocycles. The first kappa shape index (κ1) is 14.9. The number of carbonyl (C=O) groups is 2. The molecule has 2 aliphatic rings. The number of pyridine rings is 1. The molecule has 7 heteroatoms. The van der Waals surface area contributed by atoms with Crippen molar-refractivity contribution in [1.82, 2.24) is 14.8 Å². The molecule has 0 N–H and O–H groups in total. The quantitative estimate of drug-likeness (QED) is 0.770. The Balaban J connectivity index is 1.73. The number of nitrogens with zero attached hydrogens (tertiary/aromatic N) is 3. The van der Waals surface area contributed by atoms with E-state index >= 15 is 0 Å². The van der Waals surface area contributed by atoms with Gasteiger partial charge in [-0.3, -0.25) is 9.59 Å². The second kappa shape index (κ2) is 6.85. The van der Waals surface area contributed by atoms with Crippen LogP contribution in [0.3, 0.4) is 0 Å². The predicted octanol–water partition coefficient (Wildman–Crippen LogP) is 0.0264. The average Bonchev–Trinajstić information content (AvgIpc) is 2.62. The lowest BCUT2D eigenvalue weighted by atomic mass is 10.2. The number of rotatable bonds is 2. The van der Waals surface area contributed by atoms with E-state index in [1.807, 2.05) is 0 Å². The number of aromatic nitrogens is 1. The van der Waals surface area contributed by atoms with Crippen LogP contribution in [0.4, 0.5) is 0 Å². The van der Waals surface area contributed by atoms with Crippen molar-refractivity contribution < 1.29 is 19.1 Å². The van der Waals surface area contributed by atoms with Gasteiger partial charge in [0.2, 0.25) is 0 Å². The Labute approximate surface area is 128 Å². The molecule has 0 atom stereocenters. The molecule has 7 nitrogen and oxygen atoms in total. The molecule has 0 unspecified atom stereocenters. The van der Waals surface area contributed by atoms with Gasteiger partial charge in [-0.1, -0.05) is 6.07 Å². The van der Waals surface area contributed by atoms with E-state index in [2.05, 4.69) is 4.98 Å². The molecule has 2 fully saturated rings. The molecule has 118 valence electrons. The van der Waals surface area contributed by atoms with Crippen LogP contribution in [0.2, 0.25) is 0 Å². The molecule has 1 aromatic rings. The van der Waals surface area contributed by atoms with Gasteiger partial charge in [-0.05, 0) is 12.1 Å². The van der Waals surface area contributed by atoms with Crippen molar-refractivity contribution in [1.29, 1.82) is 0 Å². The average molecular weight is 305 g/mol. The maximum Gasteiger partial charge on any atom is 0.272 e. The van der Waals surface area contributed by atoms with Gasteiger partial charge < -0.3 is 19.3 Å². The highest BCUT2D eigenvalue weighted by atomic mass is 16.5. The topological polar surface area (TPSA) is 72.0 Å². The monoisotopic (exact) mass is 305 g/mol. The number of hydrogen-bond acceptors (Lipinski definition) is 5. The molecule has 22 heavy (non-hydrogen) atoms. The molecule has 0 spiro atoms. The summed E-state index contributed by atoms with van der Waals surface area (Å²) in [5.41, 5.74) is 0.613. The standard InChI is InChI=1S/C15H19N3O4/c19-14(17-4-8-21-9-5-17)12-2-1-3-13(16-12)15(20)18-6-10-22-11-7-18/h1-3H,4-11H2. The minimum atomic E-state index is -0.153. The number of ether oxygens (including phenoxy) is 2. The lowest BCUT2D eigenvalue weighted by Gasteiger charge is -2.27. The van der Waals surface area contributed by atoms with E-state index < -0.39 is 0 Å². The summed E-state index contributed by atoms with van der Waals surface area (Å²) >= 11 is 0. The Morgan fingerprint density at radius 3 is 1.64 bits per heavy atom. The van der Waals surface area contributed by atoms with E-state index in [9.17, 15) is 9.59 Å². The molecule has 0 saturated carbocycles. The van der Waals surface area contributed by atoms with Crippen molar-refractivity contribution in [2.75, 3.05) is 52.6 Å². The fourth-order valence-corrected chi connectivity index (χ4v) is 2.53. The largest absolute Gasteiger partial charge is 0.378 e. The van der Waals surface area contributed by atoms with Gasteiger partial charge in [0, 0.05) is 26.2 Å². The molecule has 0 aliphatic carbocycles. The third-order valence-corrected chi connectivity index (χ3v) is 3.78. The zero-order chi connectivity index (χ0) is 15.4. The van der Waals surface area contributed by atoms with Gasteiger partial charge in [-0.25, -0.2) is 4.98 Å². The van der Waals surface area contributed by atoms with Gasteiger partial charge >= 0.3 is 0 Å². The van der Waals surface area contributed by atoms with E-state index in [4.69, 9.17) is 9.47 Å². The molecule has 2 aliphatic heterocycles. The maximum absolute atomic E-state index is 12.4. The molecule has 3 rings (SSSR count). The minimum Gasteiger partial charge on any atom is -0.378 e. The molecule has 1 aromatic heterocycles. The molecule has 2 amide bonds. The van der Waals surface area contributed by atoms with Gasteiger partial charge in [0.15, 0.2) is 0 Å². The Hall–Kier alpha value is -1.99. The Morgan fingerprint density at radius 2 is 1.23 bits per heavy atom. The maximum atomic E-state index is 12.4. The van der Waals surface area contributed by atoms with E-state index in [1.54, 1.807) is 28.0 Å². The summed E-state index contributed by atoms with van der Waals surface area (Å²) in [7, 11) is 0. The summed E-state index contributed by atoms with van der Waals surface area (Å²) < 4.78 is 10.5. The smallest absolute Gasteiger partial charge is 0.272 e. The minimum absolute atomic E-state index is 0.153. The second-order valence-corrected chi connectivity index (χ2v) is 5.22. The van der Waals surface area contributed by atoms with Gasteiger partial charge in [0.25, 0.3) is 11.8 Å². The molecule has 0 aromatic carbocycles. The van der Waals surface area contributed by atoms with Gasteiger partial charge in [-0.15, -0.1) is 0 Å². The van der Waals surface area contributed by atoms with Crippen molar-refractivity contribution in [3.63, 3.8) is 0 Å². The van der Waals surface area contributed by atoms with Crippen LogP contribution in [-0.2, 0) is 9.47 Å². The van der Waals surface area contributed by atoms with Crippen molar-refractivity contribution in [2.24, 2.45) is 0 Å². The first-order chi connectivity index (χ1) is 10.8. The highest BCUT2D eigenvalue weighted by Gasteiger charge is 2.23. The summed E-state index contributed by atoms with van der Waals surface area (Å²) in [6.07, 6.45) is 0. The van der Waals surface area contributed by atoms with Gasteiger partial charge in [0.05, 0.1) is 26.4 Å². The zero-order valence-corrected chi connectivity index (χ0v) is 12.4. The lowest BCUT2D eigenvalue weighted by molar-refractivity contribution is 0.0290. The first-order valence-electron chi connectivity index (χ1n) is 7.47. The third-order valence-electron chi connectivity index (χ3n) is 3.78.